The van der Waals surface area contributed by atoms with Gasteiger partial charge in [-0.2, -0.15) is 0 Å². The van der Waals surface area contributed by atoms with E-state index in [1.165, 1.54) is 0 Å². The van der Waals surface area contributed by atoms with Crippen LogP contribution < -0.4 is 5.32 Å². The summed E-state index contributed by atoms with van der Waals surface area (Å²) in [6, 6.07) is 15.8. The van der Waals surface area contributed by atoms with Gasteiger partial charge >= 0.3 is 5.97 Å². The number of carbonyl (C=O) groups excluding carboxylic acids is 2. The summed E-state index contributed by atoms with van der Waals surface area (Å²) >= 11 is 0. The van der Waals surface area contributed by atoms with Gasteiger partial charge in [0.15, 0.2) is 5.78 Å². The Kier molecular flexibility index (Phi) is 6.21. The summed E-state index contributed by atoms with van der Waals surface area (Å²) in [5, 5.41) is 12.0. The Morgan fingerprint density at radius 3 is 2.21 bits per heavy atom. The molecule has 0 radical (unpaired) electrons. The zero-order valence-electron chi connectivity index (χ0n) is 15.8. The van der Waals surface area contributed by atoms with Crippen molar-refractivity contribution >= 4 is 17.7 Å². The third-order valence-electron chi connectivity index (χ3n) is 5.16. The number of hydrogen-bond acceptors (Lipinski definition) is 4. The van der Waals surface area contributed by atoms with Crippen molar-refractivity contribution in [1.29, 1.82) is 0 Å². The number of rotatable bonds is 8. The third-order valence-corrected chi connectivity index (χ3v) is 5.16. The standard InChI is InChI=1S/C22H24N2O4/c1-2-24(14-20(25)26)17-12-16(13-17)23-22(28)19-11-7-6-10-18(19)21(27)15-8-4-3-5-9-15/h3-11,16-17H,2,12-14H2,1H3,(H,23,28)(H,25,26). The number of ketones is 1. The first-order valence-electron chi connectivity index (χ1n) is 9.45. The maximum absolute atomic E-state index is 12.8. The van der Waals surface area contributed by atoms with E-state index in [4.69, 9.17) is 5.11 Å². The van der Waals surface area contributed by atoms with Crippen LogP contribution in [0, 0.1) is 0 Å². The van der Waals surface area contributed by atoms with Crippen molar-refractivity contribution in [3.05, 3.63) is 71.3 Å². The van der Waals surface area contributed by atoms with E-state index in [-0.39, 0.29) is 30.3 Å². The van der Waals surface area contributed by atoms with Crippen LogP contribution in [0.5, 0.6) is 0 Å². The molecule has 0 aliphatic heterocycles. The van der Waals surface area contributed by atoms with E-state index in [0.717, 1.165) is 0 Å². The molecule has 6 nitrogen and oxygen atoms in total. The number of carbonyl (C=O) groups is 3. The largest absolute Gasteiger partial charge is 0.480 e. The van der Waals surface area contributed by atoms with Gasteiger partial charge in [-0.3, -0.25) is 19.3 Å². The van der Waals surface area contributed by atoms with Crippen LogP contribution in [0.25, 0.3) is 0 Å². The fourth-order valence-electron chi connectivity index (χ4n) is 3.56. The monoisotopic (exact) mass is 380 g/mol. The Morgan fingerprint density at radius 2 is 1.61 bits per heavy atom. The molecule has 1 fully saturated rings. The van der Waals surface area contributed by atoms with Crippen LogP contribution in [-0.2, 0) is 4.79 Å². The van der Waals surface area contributed by atoms with Crippen LogP contribution >= 0.6 is 0 Å². The molecule has 1 aliphatic carbocycles. The van der Waals surface area contributed by atoms with Gasteiger partial charge in [0, 0.05) is 23.2 Å². The van der Waals surface area contributed by atoms with Crippen molar-refractivity contribution in [3.8, 4) is 0 Å². The van der Waals surface area contributed by atoms with Gasteiger partial charge in [0.1, 0.15) is 0 Å². The van der Waals surface area contributed by atoms with E-state index < -0.39 is 5.97 Å². The smallest absolute Gasteiger partial charge is 0.317 e. The number of carboxylic acids is 1. The molecule has 0 bridgehead atoms. The molecule has 28 heavy (non-hydrogen) atoms. The second-order valence-electron chi connectivity index (χ2n) is 6.99. The molecule has 0 unspecified atom stereocenters. The first-order chi connectivity index (χ1) is 13.5. The van der Waals surface area contributed by atoms with Crippen molar-refractivity contribution in [1.82, 2.24) is 10.2 Å². The summed E-state index contributed by atoms with van der Waals surface area (Å²) in [6.07, 6.45) is 1.42. The number of aliphatic carboxylic acids is 1. The Morgan fingerprint density at radius 1 is 1.00 bits per heavy atom. The highest BCUT2D eigenvalue weighted by Crippen LogP contribution is 2.26. The minimum atomic E-state index is -0.845. The number of nitrogens with zero attached hydrogens (tertiary/aromatic N) is 1. The molecule has 0 aromatic heterocycles. The average molecular weight is 380 g/mol. The third kappa shape index (κ3) is 4.46. The van der Waals surface area contributed by atoms with Gasteiger partial charge in [0.05, 0.1) is 12.1 Å². The molecule has 0 atom stereocenters. The number of amides is 1. The van der Waals surface area contributed by atoms with Crippen LogP contribution in [0.2, 0.25) is 0 Å². The summed E-state index contributed by atoms with van der Waals surface area (Å²) in [4.78, 5) is 38.4. The highest BCUT2D eigenvalue weighted by Gasteiger charge is 2.35. The fourth-order valence-corrected chi connectivity index (χ4v) is 3.56. The van der Waals surface area contributed by atoms with Crippen molar-refractivity contribution in [2.75, 3.05) is 13.1 Å². The van der Waals surface area contributed by atoms with Crippen LogP contribution in [0.15, 0.2) is 54.6 Å². The summed E-state index contributed by atoms with van der Waals surface area (Å²) in [6.45, 7) is 2.60. The molecular weight excluding hydrogens is 356 g/mol. The Bertz CT molecular complexity index is 860. The summed E-state index contributed by atoms with van der Waals surface area (Å²) in [7, 11) is 0. The molecule has 1 aliphatic rings. The average Bonchev–Trinajstić information content (AvgIpc) is 2.68. The van der Waals surface area contributed by atoms with E-state index >= 15 is 0 Å². The van der Waals surface area contributed by atoms with Crippen LogP contribution in [0.1, 0.15) is 46.0 Å². The maximum atomic E-state index is 12.8. The fraction of sp³-hybridized carbons (Fsp3) is 0.318. The summed E-state index contributed by atoms with van der Waals surface area (Å²) in [5.74, 6) is -1.30. The lowest BCUT2D eigenvalue weighted by Crippen LogP contribution is -2.54. The van der Waals surface area contributed by atoms with Gasteiger partial charge in [0.25, 0.3) is 5.91 Å². The molecule has 0 heterocycles. The number of hydrogen-bond donors (Lipinski definition) is 2. The molecule has 1 saturated carbocycles. The van der Waals surface area contributed by atoms with Crippen molar-refractivity contribution in [2.45, 2.75) is 31.8 Å². The molecule has 2 aromatic carbocycles. The van der Waals surface area contributed by atoms with Gasteiger partial charge in [-0.1, -0.05) is 55.5 Å². The number of nitrogens with one attached hydrogen (secondary N) is 1. The van der Waals surface area contributed by atoms with E-state index in [9.17, 15) is 14.4 Å². The van der Waals surface area contributed by atoms with Crippen molar-refractivity contribution in [2.24, 2.45) is 0 Å². The molecule has 1 amide bonds. The lowest BCUT2D eigenvalue weighted by atomic mass is 9.85. The van der Waals surface area contributed by atoms with Gasteiger partial charge in [-0.25, -0.2) is 0 Å². The molecule has 0 saturated heterocycles. The lowest BCUT2D eigenvalue weighted by Gasteiger charge is -2.42. The van der Waals surface area contributed by atoms with Crippen molar-refractivity contribution in [3.63, 3.8) is 0 Å². The quantitative estimate of drug-likeness (QED) is 0.688. The lowest BCUT2D eigenvalue weighted by molar-refractivity contribution is -0.139. The number of carboxylic acid groups (broad SMARTS) is 1. The van der Waals surface area contributed by atoms with Gasteiger partial charge in [-0.05, 0) is 25.5 Å². The molecular formula is C22H24N2O4. The highest BCUT2D eigenvalue weighted by molar-refractivity contribution is 6.15. The maximum Gasteiger partial charge on any atom is 0.317 e. The minimum absolute atomic E-state index is 0.0102. The normalized spacial score (nSPS) is 18.4. The summed E-state index contributed by atoms with van der Waals surface area (Å²) in [5.41, 5.74) is 1.28. The predicted octanol–water partition coefficient (Wildman–Crippen LogP) is 2.58. The van der Waals surface area contributed by atoms with Crippen LogP contribution in [-0.4, -0.2) is 52.8 Å². The molecule has 2 N–H and O–H groups in total. The van der Waals surface area contributed by atoms with E-state index in [2.05, 4.69) is 5.32 Å². The topological polar surface area (TPSA) is 86.7 Å². The molecule has 0 spiro atoms. The second kappa shape index (κ2) is 8.80. The second-order valence-corrected chi connectivity index (χ2v) is 6.99. The van der Waals surface area contributed by atoms with Gasteiger partial charge in [-0.15, -0.1) is 0 Å². The van der Waals surface area contributed by atoms with Crippen molar-refractivity contribution < 1.29 is 19.5 Å². The van der Waals surface area contributed by atoms with Crippen LogP contribution in [0.4, 0.5) is 0 Å². The zero-order valence-corrected chi connectivity index (χ0v) is 15.8. The molecule has 3 rings (SSSR count). The highest BCUT2D eigenvalue weighted by atomic mass is 16.4. The molecule has 2 aromatic rings. The van der Waals surface area contributed by atoms with Gasteiger partial charge < -0.3 is 10.4 Å². The molecule has 146 valence electrons. The Labute approximate surface area is 164 Å². The van der Waals surface area contributed by atoms with E-state index in [1.54, 1.807) is 48.5 Å². The zero-order chi connectivity index (χ0) is 20.1. The Balaban J connectivity index is 1.65. The summed E-state index contributed by atoms with van der Waals surface area (Å²) < 4.78 is 0. The first-order valence-corrected chi connectivity index (χ1v) is 9.45. The minimum Gasteiger partial charge on any atom is -0.480 e. The van der Waals surface area contributed by atoms with Crippen LogP contribution in [0.3, 0.4) is 0 Å². The Hall–Kier alpha value is -2.99. The van der Waals surface area contributed by atoms with Gasteiger partial charge in [0.2, 0.25) is 0 Å². The first kappa shape index (κ1) is 19.8. The van der Waals surface area contributed by atoms with E-state index in [0.29, 0.717) is 36.1 Å². The SMILES string of the molecule is CCN(CC(=O)O)C1CC(NC(=O)c2ccccc2C(=O)c2ccccc2)C1. The number of benzene rings is 2. The predicted molar refractivity (Wildman–Crippen MR) is 105 cm³/mol. The molecule has 6 heteroatoms. The van der Waals surface area contributed by atoms with E-state index in [1.807, 2.05) is 17.9 Å². The number of likely N-dealkylation sites (N-methyl/N-ethyl adjacent to an activating group) is 1.